The molecule has 116 valence electrons. The molecule has 0 bridgehead atoms. The van der Waals surface area contributed by atoms with Crippen LogP contribution < -0.4 is 21.1 Å². The Kier molecular flexibility index (Phi) is 4.97. The summed E-state index contributed by atoms with van der Waals surface area (Å²) >= 11 is -1.14. The third-order valence-corrected chi connectivity index (χ3v) is 16.8. The van der Waals surface area contributed by atoms with Crippen molar-refractivity contribution in [1.29, 1.82) is 0 Å². The number of hydrogen-bond acceptors (Lipinski definition) is 9. The third-order valence-electron chi connectivity index (χ3n) is 2.83. The zero-order valence-corrected chi connectivity index (χ0v) is 15.0. The van der Waals surface area contributed by atoms with Gasteiger partial charge in [-0.2, -0.15) is 0 Å². The first kappa shape index (κ1) is 15.7. The molecule has 1 aromatic heterocycles. The first-order valence-corrected chi connectivity index (χ1v) is 13.8. The van der Waals surface area contributed by atoms with Crippen molar-refractivity contribution in [1.82, 2.24) is 15.0 Å². The number of nitrogens with two attached hydrogens (primary N) is 2. The zero-order chi connectivity index (χ0) is 15.5. The van der Waals surface area contributed by atoms with Crippen molar-refractivity contribution < 1.29 is 5.11 Å². The topological polar surface area (TPSA) is 123 Å². The summed E-state index contributed by atoms with van der Waals surface area (Å²) in [6.07, 6.45) is 0. The number of rotatable bonds is 4. The van der Waals surface area contributed by atoms with Gasteiger partial charge in [-0.15, -0.1) is 0 Å². The van der Waals surface area contributed by atoms with Crippen LogP contribution in [0, 0.1) is 0 Å². The van der Waals surface area contributed by atoms with Crippen molar-refractivity contribution in [3.8, 4) is 0 Å². The second-order valence-corrected chi connectivity index (χ2v) is 16.1. The zero-order valence-electron chi connectivity index (χ0n) is 11.5. The number of benzene rings is 1. The summed E-state index contributed by atoms with van der Waals surface area (Å²) in [4.78, 5) is 11.7. The normalized spacial score (nSPS) is 21.0. The monoisotopic (exact) mass is 398 g/mol. The van der Waals surface area contributed by atoms with Gasteiger partial charge in [0.05, 0.1) is 0 Å². The van der Waals surface area contributed by atoms with Crippen LogP contribution in [0.2, 0.25) is 0 Å². The van der Waals surface area contributed by atoms with Gasteiger partial charge in [0.1, 0.15) is 0 Å². The van der Waals surface area contributed by atoms with Gasteiger partial charge in [-0.05, 0) is 0 Å². The molecule has 7 nitrogen and oxygen atoms in total. The molecule has 2 aromatic rings. The molecular formula is C12H15AsN6OS2. The number of aliphatic hydroxyl groups is 1. The van der Waals surface area contributed by atoms with E-state index in [1.54, 1.807) is 0 Å². The molecule has 3 rings (SSSR count). The Hall–Kier alpha value is -1.15. The molecule has 1 saturated heterocycles. The summed E-state index contributed by atoms with van der Waals surface area (Å²) in [6, 6.07) is 8.23. The van der Waals surface area contributed by atoms with Crippen molar-refractivity contribution in [2.75, 3.05) is 29.1 Å². The molecule has 0 radical (unpaired) electrons. The number of aromatic nitrogens is 3. The Morgan fingerprint density at radius 2 is 1.86 bits per heavy atom. The van der Waals surface area contributed by atoms with Crippen LogP contribution in [-0.2, 0) is 0 Å². The molecule has 0 spiro atoms. The Balaban J connectivity index is 1.69. The molecule has 10 heteroatoms. The number of nitrogen functional groups attached to an aromatic ring is 2. The van der Waals surface area contributed by atoms with Gasteiger partial charge < -0.3 is 0 Å². The minimum atomic E-state index is -1.14. The van der Waals surface area contributed by atoms with Crippen LogP contribution in [0.1, 0.15) is 0 Å². The average molecular weight is 398 g/mol. The van der Waals surface area contributed by atoms with Gasteiger partial charge in [0.25, 0.3) is 0 Å². The van der Waals surface area contributed by atoms with Crippen molar-refractivity contribution in [2.24, 2.45) is 0 Å². The van der Waals surface area contributed by atoms with E-state index >= 15 is 0 Å². The summed E-state index contributed by atoms with van der Waals surface area (Å²) in [5.41, 5.74) is 12.0. The molecule has 2 heterocycles. The van der Waals surface area contributed by atoms with E-state index in [2.05, 4.69) is 32.4 Å². The number of nitrogens with zero attached hydrogens (tertiary/aromatic N) is 3. The predicted molar refractivity (Wildman–Crippen MR) is 94.7 cm³/mol. The van der Waals surface area contributed by atoms with Crippen molar-refractivity contribution in [3.05, 3.63) is 24.3 Å². The number of anilines is 4. The van der Waals surface area contributed by atoms with Crippen molar-refractivity contribution >= 4 is 60.3 Å². The summed E-state index contributed by atoms with van der Waals surface area (Å²) in [7, 11) is 3.95. The maximum absolute atomic E-state index is 9.22. The minimum absolute atomic E-state index is 0.0909. The Morgan fingerprint density at radius 1 is 1.18 bits per heavy atom. The van der Waals surface area contributed by atoms with E-state index in [0.717, 1.165) is 11.4 Å². The van der Waals surface area contributed by atoms with E-state index in [1.807, 2.05) is 32.2 Å². The fraction of sp³-hybridized carbons (Fsp3) is 0.250. The molecule has 0 saturated carbocycles. The standard InChI is InChI=1S/C12H15AsN6OS2/c14-10-17-11(15)19-12(18-10)16-8-3-1-7(2-4-8)13-21-6-9(5-20)22-13/h1-4,9,20H,5-6H2,(H5,14,15,16,17,18,19). The second-order valence-electron chi connectivity index (χ2n) is 4.51. The number of nitrogens with one attached hydrogen (secondary N) is 1. The molecular weight excluding hydrogens is 383 g/mol. The third kappa shape index (κ3) is 3.78. The summed E-state index contributed by atoms with van der Waals surface area (Å²) in [5.74, 6) is 1.56. The molecule has 1 fully saturated rings. The fourth-order valence-electron chi connectivity index (χ4n) is 1.83. The number of hydrogen-bond donors (Lipinski definition) is 4. The van der Waals surface area contributed by atoms with E-state index in [-0.39, 0.29) is 18.5 Å². The van der Waals surface area contributed by atoms with Gasteiger partial charge in [-0.3, -0.25) is 0 Å². The van der Waals surface area contributed by atoms with Gasteiger partial charge in [-0.25, -0.2) is 0 Å². The van der Waals surface area contributed by atoms with Crippen LogP contribution in [0.4, 0.5) is 23.5 Å². The van der Waals surface area contributed by atoms with Gasteiger partial charge in [0.2, 0.25) is 0 Å². The van der Waals surface area contributed by atoms with E-state index in [1.165, 1.54) is 4.35 Å². The first-order chi connectivity index (χ1) is 10.6. The molecule has 0 amide bonds. The SMILES string of the molecule is Nc1nc(N)nc(Nc2ccc([As]3SCC(CO)S3)cc2)n1. The van der Waals surface area contributed by atoms with Gasteiger partial charge in [-0.1, -0.05) is 0 Å². The quantitative estimate of drug-likeness (QED) is 0.539. The van der Waals surface area contributed by atoms with Crippen LogP contribution >= 0.6 is 20.0 Å². The molecule has 1 aliphatic heterocycles. The molecule has 1 aliphatic rings. The van der Waals surface area contributed by atoms with Gasteiger partial charge in [0.15, 0.2) is 0 Å². The second kappa shape index (κ2) is 6.95. The molecule has 1 aromatic carbocycles. The number of aliphatic hydroxyl groups excluding tert-OH is 1. The van der Waals surface area contributed by atoms with Crippen LogP contribution in [0.3, 0.4) is 0 Å². The van der Waals surface area contributed by atoms with E-state index < -0.39 is 12.3 Å². The van der Waals surface area contributed by atoms with Gasteiger partial charge in [0, 0.05) is 0 Å². The van der Waals surface area contributed by atoms with Crippen LogP contribution in [0.15, 0.2) is 24.3 Å². The van der Waals surface area contributed by atoms with Crippen molar-refractivity contribution in [3.63, 3.8) is 0 Å². The van der Waals surface area contributed by atoms with Crippen molar-refractivity contribution in [2.45, 2.75) is 5.25 Å². The molecule has 2 unspecified atom stereocenters. The molecule has 6 N–H and O–H groups in total. The Bertz CT molecular complexity index is 638. The Morgan fingerprint density at radius 3 is 2.45 bits per heavy atom. The summed E-state index contributed by atoms with van der Waals surface area (Å²) in [6.45, 7) is 0.269. The fourth-order valence-corrected chi connectivity index (χ4v) is 17.2. The van der Waals surface area contributed by atoms with Crippen LogP contribution in [0.25, 0.3) is 0 Å². The van der Waals surface area contributed by atoms with Gasteiger partial charge >= 0.3 is 139 Å². The Labute approximate surface area is 138 Å². The van der Waals surface area contributed by atoms with E-state index in [4.69, 9.17) is 11.5 Å². The summed E-state index contributed by atoms with van der Waals surface area (Å²) in [5, 5.41) is 12.7. The molecule has 22 heavy (non-hydrogen) atoms. The average Bonchev–Trinajstić information content (AvgIpc) is 2.96. The first-order valence-electron chi connectivity index (χ1n) is 6.49. The summed E-state index contributed by atoms with van der Waals surface area (Å²) < 4.78 is 1.37. The molecule has 2 atom stereocenters. The van der Waals surface area contributed by atoms with Crippen LogP contribution in [0.5, 0.6) is 0 Å². The molecule has 0 aliphatic carbocycles. The predicted octanol–water partition coefficient (Wildman–Crippen LogP) is 0.316. The van der Waals surface area contributed by atoms with Crippen LogP contribution in [-0.4, -0.2) is 50.0 Å². The van der Waals surface area contributed by atoms with E-state index in [9.17, 15) is 5.11 Å². The van der Waals surface area contributed by atoms with E-state index in [0.29, 0.717) is 11.2 Å². The maximum atomic E-state index is 9.22.